The third-order valence-electron chi connectivity index (χ3n) is 6.01. The van der Waals surface area contributed by atoms with Gasteiger partial charge in [-0.2, -0.15) is 10.1 Å². The van der Waals surface area contributed by atoms with E-state index in [0.717, 1.165) is 17.0 Å². The number of hydrazone groups is 1. The molecule has 0 N–H and O–H groups in total. The van der Waals surface area contributed by atoms with Crippen LogP contribution in [0, 0.1) is 23.7 Å². The van der Waals surface area contributed by atoms with Crippen molar-refractivity contribution in [1.82, 2.24) is 5.01 Å². The molecule has 152 valence electrons. The van der Waals surface area contributed by atoms with E-state index in [1.165, 1.54) is 6.21 Å². The normalized spacial score (nSPS) is 26.8. The summed E-state index contributed by atoms with van der Waals surface area (Å²) in [7, 11) is 0. The van der Waals surface area contributed by atoms with Gasteiger partial charge in [0.15, 0.2) is 0 Å². The fourth-order valence-electron chi connectivity index (χ4n) is 4.66. The highest BCUT2D eigenvalue weighted by molar-refractivity contribution is 6.31. The Balaban J connectivity index is 1.36. The highest BCUT2D eigenvalue weighted by Crippen LogP contribution is 2.52. The summed E-state index contributed by atoms with van der Waals surface area (Å²) in [6.07, 6.45) is 6.47. The van der Waals surface area contributed by atoms with Crippen molar-refractivity contribution in [3.63, 3.8) is 0 Å². The maximum Gasteiger partial charge on any atom is 0.254 e. The first-order valence-electron chi connectivity index (χ1n) is 9.78. The summed E-state index contributed by atoms with van der Waals surface area (Å²) < 4.78 is 5.91. The predicted octanol–water partition coefficient (Wildman–Crippen LogP) is 4.71. The van der Waals surface area contributed by atoms with Crippen molar-refractivity contribution in [1.29, 1.82) is 0 Å². The summed E-state index contributed by atoms with van der Waals surface area (Å²) in [6, 6.07) is 12.5. The topological polar surface area (TPSA) is 59.0 Å². The number of hydrogen-bond acceptors (Lipinski definition) is 4. The lowest BCUT2D eigenvalue weighted by Crippen LogP contribution is -2.28. The van der Waals surface area contributed by atoms with Crippen LogP contribution in [0.15, 0.2) is 59.7 Å². The van der Waals surface area contributed by atoms with E-state index in [0.29, 0.717) is 28.0 Å². The van der Waals surface area contributed by atoms with Crippen LogP contribution in [0.2, 0.25) is 10.0 Å². The maximum atomic E-state index is 12.8. The van der Waals surface area contributed by atoms with Gasteiger partial charge in [-0.3, -0.25) is 9.59 Å². The van der Waals surface area contributed by atoms with E-state index in [-0.39, 0.29) is 35.5 Å². The molecule has 2 bridgehead atoms. The van der Waals surface area contributed by atoms with Crippen molar-refractivity contribution >= 4 is 41.2 Å². The summed E-state index contributed by atoms with van der Waals surface area (Å²) in [5, 5.41) is 6.38. The number of imide groups is 1. The van der Waals surface area contributed by atoms with Crippen LogP contribution >= 0.6 is 23.2 Å². The lowest BCUT2D eigenvalue weighted by Gasteiger charge is -2.13. The zero-order chi connectivity index (χ0) is 20.8. The van der Waals surface area contributed by atoms with Crippen LogP contribution in [-0.2, 0) is 16.2 Å². The highest BCUT2D eigenvalue weighted by Gasteiger charge is 2.59. The molecule has 5 rings (SSSR count). The van der Waals surface area contributed by atoms with Crippen molar-refractivity contribution in [2.75, 3.05) is 0 Å². The lowest BCUT2D eigenvalue weighted by atomic mass is 9.85. The molecule has 4 atom stereocenters. The number of carbonyl (C=O) groups is 2. The molecule has 3 aliphatic rings. The summed E-state index contributed by atoms with van der Waals surface area (Å²) in [6.45, 7) is 0.309. The molecule has 2 amide bonds. The Labute approximate surface area is 183 Å². The lowest BCUT2D eigenvalue weighted by molar-refractivity contribution is -0.140. The Hall–Kier alpha value is -2.63. The fraction of sp³-hybridized carbons (Fsp3) is 0.261. The number of ether oxygens (including phenoxy) is 1. The van der Waals surface area contributed by atoms with E-state index < -0.39 is 0 Å². The minimum absolute atomic E-state index is 0.152. The molecule has 0 spiro atoms. The first kappa shape index (κ1) is 19.3. The Kier molecular flexibility index (Phi) is 4.88. The number of fused-ring (bicyclic) bond motifs is 5. The first-order chi connectivity index (χ1) is 14.5. The summed E-state index contributed by atoms with van der Waals surface area (Å²) in [4.78, 5) is 25.6. The van der Waals surface area contributed by atoms with E-state index in [1.54, 1.807) is 24.3 Å². The molecule has 0 radical (unpaired) electrons. The smallest absolute Gasteiger partial charge is 0.254 e. The van der Waals surface area contributed by atoms with E-state index >= 15 is 0 Å². The van der Waals surface area contributed by atoms with Crippen LogP contribution in [-0.4, -0.2) is 23.0 Å². The van der Waals surface area contributed by atoms with Crippen molar-refractivity contribution in [3.05, 3.63) is 75.8 Å². The molecular formula is C23H18Cl2N2O3. The van der Waals surface area contributed by atoms with Crippen molar-refractivity contribution in [2.45, 2.75) is 13.0 Å². The number of amides is 2. The van der Waals surface area contributed by atoms with E-state index in [1.807, 2.05) is 18.2 Å². The number of hydrogen-bond donors (Lipinski definition) is 0. The van der Waals surface area contributed by atoms with Crippen molar-refractivity contribution in [2.24, 2.45) is 28.8 Å². The van der Waals surface area contributed by atoms with Crippen LogP contribution in [0.4, 0.5) is 0 Å². The van der Waals surface area contributed by atoms with Gasteiger partial charge in [-0.05, 0) is 54.2 Å². The van der Waals surface area contributed by atoms with Gasteiger partial charge in [-0.1, -0.05) is 47.5 Å². The van der Waals surface area contributed by atoms with Gasteiger partial charge in [-0.15, -0.1) is 0 Å². The zero-order valence-corrected chi connectivity index (χ0v) is 17.4. The van der Waals surface area contributed by atoms with Gasteiger partial charge in [-0.25, -0.2) is 0 Å². The molecule has 1 heterocycles. The quantitative estimate of drug-likeness (QED) is 0.384. The van der Waals surface area contributed by atoms with Gasteiger partial charge in [0.2, 0.25) is 0 Å². The van der Waals surface area contributed by atoms with Crippen LogP contribution < -0.4 is 4.74 Å². The largest absolute Gasteiger partial charge is 0.488 e. The zero-order valence-electron chi connectivity index (χ0n) is 15.9. The minimum atomic E-state index is -0.275. The molecule has 2 aromatic carbocycles. The van der Waals surface area contributed by atoms with Gasteiger partial charge >= 0.3 is 0 Å². The number of carbonyl (C=O) groups excluding carboxylic acids is 2. The third kappa shape index (κ3) is 3.32. The number of benzene rings is 2. The number of halogens is 2. The minimum Gasteiger partial charge on any atom is -0.488 e. The number of nitrogens with zero attached hydrogens (tertiary/aromatic N) is 2. The number of rotatable bonds is 5. The molecule has 1 aliphatic heterocycles. The molecule has 2 aromatic rings. The molecule has 2 fully saturated rings. The van der Waals surface area contributed by atoms with Crippen LogP contribution in [0.1, 0.15) is 17.5 Å². The second kappa shape index (κ2) is 7.56. The van der Waals surface area contributed by atoms with Crippen molar-refractivity contribution < 1.29 is 14.3 Å². The van der Waals surface area contributed by atoms with E-state index in [9.17, 15) is 9.59 Å². The highest BCUT2D eigenvalue weighted by atomic mass is 35.5. The summed E-state index contributed by atoms with van der Waals surface area (Å²) in [5.41, 5.74) is 1.50. The van der Waals surface area contributed by atoms with Gasteiger partial charge in [0, 0.05) is 15.6 Å². The van der Waals surface area contributed by atoms with Crippen LogP contribution in [0.25, 0.3) is 0 Å². The number of allylic oxidation sites excluding steroid dienone is 2. The summed E-state index contributed by atoms with van der Waals surface area (Å²) in [5.74, 6) is -0.142. The fourth-order valence-corrected chi connectivity index (χ4v) is 5.05. The second-order valence-corrected chi connectivity index (χ2v) is 8.71. The molecular weight excluding hydrogens is 423 g/mol. The third-order valence-corrected chi connectivity index (χ3v) is 6.48. The second-order valence-electron chi connectivity index (χ2n) is 7.83. The van der Waals surface area contributed by atoms with Crippen molar-refractivity contribution in [3.8, 4) is 5.75 Å². The van der Waals surface area contributed by atoms with Gasteiger partial charge in [0.1, 0.15) is 12.4 Å². The average Bonchev–Trinajstić information content (AvgIpc) is 3.40. The molecule has 2 aliphatic carbocycles. The van der Waals surface area contributed by atoms with Gasteiger partial charge in [0.25, 0.3) is 11.8 Å². The van der Waals surface area contributed by atoms with E-state index in [2.05, 4.69) is 17.3 Å². The van der Waals surface area contributed by atoms with Crippen LogP contribution in [0.5, 0.6) is 5.75 Å². The maximum absolute atomic E-state index is 12.8. The van der Waals surface area contributed by atoms with Crippen LogP contribution in [0.3, 0.4) is 0 Å². The predicted molar refractivity (Wildman–Crippen MR) is 114 cm³/mol. The molecule has 0 aromatic heterocycles. The molecule has 0 unspecified atom stereocenters. The van der Waals surface area contributed by atoms with Gasteiger partial charge in [0.05, 0.1) is 18.1 Å². The Morgan fingerprint density at radius 1 is 1.00 bits per heavy atom. The summed E-state index contributed by atoms with van der Waals surface area (Å²) >= 11 is 12.2. The SMILES string of the molecule is O=C1[C@@H]2[C@@H](C(=O)N1/N=C\c1cc(Cl)ccc1OCc1cccc(Cl)c1)[C@H]1C=C[C@@H]2C1. The molecule has 1 saturated carbocycles. The standard InChI is InChI=1S/C23H18Cl2N2O3/c24-17-3-1-2-13(8-17)12-30-19-7-6-18(25)10-16(19)11-26-27-22(28)20-14-4-5-15(9-14)21(20)23(27)29/h1-8,10-11,14-15,20-21H,9,12H2/b26-11-/t14-,15+,20-,21-/m0/s1. The monoisotopic (exact) mass is 440 g/mol. The Morgan fingerprint density at radius 2 is 1.70 bits per heavy atom. The van der Waals surface area contributed by atoms with E-state index in [4.69, 9.17) is 27.9 Å². The molecule has 7 heteroatoms. The molecule has 1 saturated heterocycles. The molecule has 30 heavy (non-hydrogen) atoms. The van der Waals surface area contributed by atoms with Gasteiger partial charge < -0.3 is 4.74 Å². The molecule has 5 nitrogen and oxygen atoms in total. The Bertz CT molecular complexity index is 1070. The first-order valence-corrected chi connectivity index (χ1v) is 10.5. The Morgan fingerprint density at radius 3 is 2.40 bits per heavy atom. The average molecular weight is 441 g/mol.